The molecule has 1 amide bonds. The van der Waals surface area contributed by atoms with E-state index in [1.807, 2.05) is 6.92 Å². The topological polar surface area (TPSA) is 60.0 Å². The number of anilines is 2. The number of aromatic nitrogens is 1. The lowest BCUT2D eigenvalue weighted by Gasteiger charge is -2.08. The second kappa shape index (κ2) is 5.67. The average Bonchev–Trinajstić information content (AvgIpc) is 2.75. The van der Waals surface area contributed by atoms with Crippen LogP contribution in [0.5, 0.6) is 0 Å². The summed E-state index contributed by atoms with van der Waals surface area (Å²) in [4.78, 5) is 12.2. The van der Waals surface area contributed by atoms with Crippen LogP contribution in [0, 0.1) is 0 Å². The fraction of sp³-hybridized carbons (Fsp3) is 0.154. The summed E-state index contributed by atoms with van der Waals surface area (Å²) < 4.78 is 2.53. The van der Waals surface area contributed by atoms with Gasteiger partial charge in [0.25, 0.3) is 5.91 Å². The van der Waals surface area contributed by atoms with E-state index >= 15 is 0 Å². The summed E-state index contributed by atoms with van der Waals surface area (Å²) in [5.41, 5.74) is 7.48. The van der Waals surface area contributed by atoms with Gasteiger partial charge < -0.3 is 15.6 Å². The molecule has 0 aliphatic heterocycles. The molecule has 0 saturated carbocycles. The van der Waals surface area contributed by atoms with Gasteiger partial charge in [0.2, 0.25) is 0 Å². The molecule has 0 aliphatic carbocycles. The number of hydrogen-bond donors (Lipinski definition) is 2. The Hall–Kier alpha value is -1.46. The zero-order chi connectivity index (χ0) is 14.0. The molecule has 0 spiro atoms. The molecule has 3 N–H and O–H groups in total. The van der Waals surface area contributed by atoms with Crippen molar-refractivity contribution in [1.29, 1.82) is 0 Å². The fourth-order valence-corrected chi connectivity index (χ4v) is 2.25. The van der Waals surface area contributed by atoms with Crippen LogP contribution in [-0.4, -0.2) is 10.5 Å². The van der Waals surface area contributed by atoms with E-state index in [4.69, 9.17) is 17.3 Å². The van der Waals surface area contributed by atoms with Crippen LogP contribution in [0.15, 0.2) is 34.9 Å². The quantitative estimate of drug-likeness (QED) is 0.892. The molecule has 1 heterocycles. The van der Waals surface area contributed by atoms with Crippen molar-refractivity contribution in [2.45, 2.75) is 13.5 Å². The number of carbonyl (C=O) groups is 1. The van der Waals surface area contributed by atoms with E-state index in [1.54, 1.807) is 35.0 Å². The number of benzene rings is 1. The summed E-state index contributed by atoms with van der Waals surface area (Å²) >= 11 is 9.22. The van der Waals surface area contributed by atoms with E-state index in [0.717, 1.165) is 4.47 Å². The third-order valence-electron chi connectivity index (χ3n) is 2.67. The first kappa shape index (κ1) is 14.0. The van der Waals surface area contributed by atoms with E-state index in [0.29, 0.717) is 28.6 Å². The molecule has 100 valence electrons. The first-order chi connectivity index (χ1) is 9.01. The van der Waals surface area contributed by atoms with Gasteiger partial charge in [0, 0.05) is 22.9 Å². The van der Waals surface area contributed by atoms with Crippen molar-refractivity contribution in [2.24, 2.45) is 0 Å². The van der Waals surface area contributed by atoms with Gasteiger partial charge in [0.15, 0.2) is 0 Å². The molecule has 0 bridgehead atoms. The second-order valence-corrected chi connectivity index (χ2v) is 5.29. The minimum Gasteiger partial charge on any atom is -0.397 e. The maximum Gasteiger partial charge on any atom is 0.272 e. The number of aryl methyl sites for hydroxylation is 1. The van der Waals surface area contributed by atoms with Gasteiger partial charge in [-0.1, -0.05) is 11.6 Å². The van der Waals surface area contributed by atoms with E-state index in [1.165, 1.54) is 0 Å². The Morgan fingerprint density at radius 1 is 1.47 bits per heavy atom. The Bertz CT molecular complexity index is 624. The van der Waals surface area contributed by atoms with Gasteiger partial charge in [0.05, 0.1) is 10.7 Å². The van der Waals surface area contributed by atoms with Crippen LogP contribution < -0.4 is 11.1 Å². The lowest BCUT2D eigenvalue weighted by molar-refractivity contribution is 0.101. The zero-order valence-electron chi connectivity index (χ0n) is 10.3. The summed E-state index contributed by atoms with van der Waals surface area (Å²) in [7, 11) is 0. The van der Waals surface area contributed by atoms with E-state index < -0.39 is 0 Å². The van der Waals surface area contributed by atoms with Crippen LogP contribution in [0.3, 0.4) is 0 Å². The third-order valence-corrected chi connectivity index (χ3v) is 3.88. The number of nitrogens with two attached hydrogens (primary N) is 1. The van der Waals surface area contributed by atoms with E-state index in [-0.39, 0.29) is 5.91 Å². The predicted molar refractivity (Wildman–Crippen MR) is 81.6 cm³/mol. The van der Waals surface area contributed by atoms with Crippen LogP contribution >= 0.6 is 27.5 Å². The number of nitrogens with one attached hydrogen (secondary N) is 1. The zero-order valence-corrected chi connectivity index (χ0v) is 12.6. The van der Waals surface area contributed by atoms with Crippen LogP contribution in [0.4, 0.5) is 11.4 Å². The maximum absolute atomic E-state index is 12.2. The number of halogens is 2. The molecule has 1 aromatic carbocycles. The molecule has 0 fully saturated rings. The molecule has 2 rings (SSSR count). The smallest absolute Gasteiger partial charge is 0.272 e. The molecule has 0 saturated heterocycles. The van der Waals surface area contributed by atoms with Crippen molar-refractivity contribution in [3.8, 4) is 0 Å². The molecular weight excluding hydrogens is 330 g/mol. The summed E-state index contributed by atoms with van der Waals surface area (Å²) in [6.45, 7) is 2.64. The van der Waals surface area contributed by atoms with E-state index in [9.17, 15) is 4.79 Å². The van der Waals surface area contributed by atoms with Crippen LogP contribution in [-0.2, 0) is 6.54 Å². The lowest BCUT2D eigenvalue weighted by atomic mass is 10.3. The van der Waals surface area contributed by atoms with Crippen molar-refractivity contribution in [3.05, 3.63) is 45.7 Å². The molecule has 0 unspecified atom stereocenters. The highest BCUT2D eigenvalue weighted by Gasteiger charge is 2.12. The summed E-state index contributed by atoms with van der Waals surface area (Å²) in [6.07, 6.45) is 1.74. The predicted octanol–water partition coefficient (Wildman–Crippen LogP) is 3.76. The van der Waals surface area contributed by atoms with E-state index in [2.05, 4.69) is 21.2 Å². The summed E-state index contributed by atoms with van der Waals surface area (Å²) in [5.74, 6) is -0.201. The molecule has 6 heteroatoms. The van der Waals surface area contributed by atoms with Crippen LogP contribution in [0.25, 0.3) is 0 Å². The largest absolute Gasteiger partial charge is 0.397 e. The van der Waals surface area contributed by atoms with Gasteiger partial charge in [0.1, 0.15) is 5.69 Å². The Morgan fingerprint density at radius 3 is 2.84 bits per heavy atom. The molecule has 0 aliphatic rings. The molecular formula is C13H13BrClN3O. The normalized spacial score (nSPS) is 10.5. The SMILES string of the molecule is CCn1cc(N)cc1C(=O)Nc1ccc(Cl)c(Br)c1. The maximum atomic E-state index is 12.2. The van der Waals surface area contributed by atoms with Crippen LogP contribution in [0.2, 0.25) is 5.02 Å². The molecule has 2 aromatic rings. The number of carbonyl (C=O) groups excluding carboxylic acids is 1. The highest BCUT2D eigenvalue weighted by Crippen LogP contribution is 2.26. The number of amides is 1. The fourth-order valence-electron chi connectivity index (χ4n) is 1.75. The average molecular weight is 343 g/mol. The van der Waals surface area contributed by atoms with Gasteiger partial charge in [-0.2, -0.15) is 0 Å². The lowest BCUT2D eigenvalue weighted by Crippen LogP contribution is -2.16. The Morgan fingerprint density at radius 2 is 2.21 bits per heavy atom. The standard InChI is InChI=1S/C13H13BrClN3O/c1-2-18-7-8(16)5-12(18)13(19)17-9-3-4-11(15)10(14)6-9/h3-7H,2,16H2,1H3,(H,17,19). The Balaban J connectivity index is 2.22. The minimum atomic E-state index is -0.201. The van der Waals surface area contributed by atoms with Gasteiger partial charge >= 0.3 is 0 Å². The van der Waals surface area contributed by atoms with Crippen molar-refractivity contribution >= 4 is 44.8 Å². The monoisotopic (exact) mass is 341 g/mol. The van der Waals surface area contributed by atoms with Crippen molar-refractivity contribution in [2.75, 3.05) is 11.1 Å². The first-order valence-corrected chi connectivity index (χ1v) is 6.90. The Kier molecular flexibility index (Phi) is 4.17. The van der Waals surface area contributed by atoms with Gasteiger partial charge in [-0.05, 0) is 47.1 Å². The molecule has 0 atom stereocenters. The molecule has 0 radical (unpaired) electrons. The van der Waals surface area contributed by atoms with Crippen LogP contribution in [0.1, 0.15) is 17.4 Å². The van der Waals surface area contributed by atoms with Crippen molar-refractivity contribution in [1.82, 2.24) is 4.57 Å². The number of rotatable bonds is 3. The third kappa shape index (κ3) is 3.11. The van der Waals surface area contributed by atoms with Crippen molar-refractivity contribution in [3.63, 3.8) is 0 Å². The number of hydrogen-bond acceptors (Lipinski definition) is 2. The number of nitrogen functional groups attached to an aromatic ring is 1. The molecule has 4 nitrogen and oxygen atoms in total. The first-order valence-electron chi connectivity index (χ1n) is 5.73. The highest BCUT2D eigenvalue weighted by molar-refractivity contribution is 9.10. The van der Waals surface area contributed by atoms with Gasteiger partial charge in [-0.15, -0.1) is 0 Å². The molecule has 1 aromatic heterocycles. The highest BCUT2D eigenvalue weighted by atomic mass is 79.9. The minimum absolute atomic E-state index is 0.201. The van der Waals surface area contributed by atoms with Gasteiger partial charge in [-0.25, -0.2) is 0 Å². The summed E-state index contributed by atoms with van der Waals surface area (Å²) in [5, 5.41) is 3.41. The van der Waals surface area contributed by atoms with Gasteiger partial charge in [-0.3, -0.25) is 4.79 Å². The second-order valence-electron chi connectivity index (χ2n) is 4.03. The Labute approximate surface area is 124 Å². The molecule has 19 heavy (non-hydrogen) atoms. The summed E-state index contributed by atoms with van der Waals surface area (Å²) in [6, 6.07) is 6.87. The number of nitrogens with zero attached hydrogens (tertiary/aromatic N) is 1. The van der Waals surface area contributed by atoms with Crippen molar-refractivity contribution < 1.29 is 4.79 Å².